The molecule has 0 unspecified atom stereocenters. The lowest BCUT2D eigenvalue weighted by molar-refractivity contribution is 0.0453. The standard InChI is InChI=1S/C11H15BrN2O3S/c12-10-2-1-9(5-11(10)13)18(16,17)14-6-7-3-8(15)4-7/h1-2,5,7-8,14-15H,3-4,6,13H2. The summed E-state index contributed by atoms with van der Waals surface area (Å²) in [6.45, 7) is 0.357. The Morgan fingerprint density at radius 3 is 2.67 bits per heavy atom. The number of nitrogens with two attached hydrogens (primary N) is 1. The topological polar surface area (TPSA) is 92.4 Å². The third-order valence-corrected chi connectivity index (χ3v) is 5.19. The number of benzene rings is 1. The van der Waals surface area contributed by atoms with Gasteiger partial charge in [0.25, 0.3) is 0 Å². The molecule has 5 nitrogen and oxygen atoms in total. The molecule has 18 heavy (non-hydrogen) atoms. The third-order valence-electron chi connectivity index (χ3n) is 3.05. The molecule has 0 saturated heterocycles. The zero-order valence-electron chi connectivity index (χ0n) is 9.64. The highest BCUT2D eigenvalue weighted by molar-refractivity contribution is 9.10. The van der Waals surface area contributed by atoms with E-state index in [0.29, 0.717) is 29.5 Å². The van der Waals surface area contributed by atoms with E-state index in [4.69, 9.17) is 10.8 Å². The summed E-state index contributed by atoms with van der Waals surface area (Å²) < 4.78 is 27.2. The average molecular weight is 335 g/mol. The maximum Gasteiger partial charge on any atom is 0.240 e. The van der Waals surface area contributed by atoms with Crippen molar-refractivity contribution >= 4 is 31.6 Å². The predicted molar refractivity (Wildman–Crippen MR) is 72.5 cm³/mol. The van der Waals surface area contributed by atoms with Crippen molar-refractivity contribution in [2.24, 2.45) is 5.92 Å². The molecular weight excluding hydrogens is 320 g/mol. The van der Waals surface area contributed by atoms with Gasteiger partial charge in [0.2, 0.25) is 10.0 Å². The van der Waals surface area contributed by atoms with Crippen molar-refractivity contribution in [1.82, 2.24) is 4.72 Å². The molecule has 4 N–H and O–H groups in total. The number of hydrogen-bond acceptors (Lipinski definition) is 4. The fourth-order valence-corrected chi connectivity index (χ4v) is 3.26. The quantitative estimate of drug-likeness (QED) is 0.718. The molecule has 0 amide bonds. The van der Waals surface area contributed by atoms with Crippen LogP contribution in [-0.4, -0.2) is 26.2 Å². The lowest BCUT2D eigenvalue weighted by atomic mass is 9.83. The van der Waals surface area contributed by atoms with Crippen molar-refractivity contribution in [1.29, 1.82) is 0 Å². The summed E-state index contributed by atoms with van der Waals surface area (Å²) in [4.78, 5) is 0.156. The van der Waals surface area contributed by atoms with Crippen LogP contribution in [0.3, 0.4) is 0 Å². The van der Waals surface area contributed by atoms with Crippen LogP contribution in [0, 0.1) is 5.92 Å². The minimum Gasteiger partial charge on any atom is -0.398 e. The Bertz CT molecular complexity index is 541. The van der Waals surface area contributed by atoms with E-state index in [9.17, 15) is 8.42 Å². The Morgan fingerprint density at radius 2 is 2.11 bits per heavy atom. The molecule has 0 bridgehead atoms. The Labute approximate surface area is 115 Å². The zero-order valence-corrected chi connectivity index (χ0v) is 12.0. The van der Waals surface area contributed by atoms with E-state index in [2.05, 4.69) is 20.7 Å². The van der Waals surface area contributed by atoms with E-state index in [0.717, 1.165) is 0 Å². The van der Waals surface area contributed by atoms with E-state index in [1.54, 1.807) is 6.07 Å². The van der Waals surface area contributed by atoms with Gasteiger partial charge in [-0.25, -0.2) is 13.1 Å². The fraction of sp³-hybridized carbons (Fsp3) is 0.455. The number of anilines is 1. The van der Waals surface area contributed by atoms with E-state index < -0.39 is 10.0 Å². The maximum absolute atomic E-state index is 12.0. The monoisotopic (exact) mass is 334 g/mol. The molecule has 1 aliphatic rings. The predicted octanol–water partition coefficient (Wildman–Crippen LogP) is 1.08. The highest BCUT2D eigenvalue weighted by Crippen LogP contribution is 2.27. The van der Waals surface area contributed by atoms with Gasteiger partial charge in [-0.15, -0.1) is 0 Å². The molecular formula is C11H15BrN2O3S. The van der Waals surface area contributed by atoms with Gasteiger partial charge in [0, 0.05) is 16.7 Å². The van der Waals surface area contributed by atoms with E-state index in [-0.39, 0.29) is 16.9 Å². The number of nitrogens with one attached hydrogen (secondary N) is 1. The molecule has 0 aromatic heterocycles. The first kappa shape index (κ1) is 13.8. The second kappa shape index (κ2) is 5.16. The average Bonchev–Trinajstić information content (AvgIpc) is 2.26. The molecule has 0 atom stereocenters. The Morgan fingerprint density at radius 1 is 1.44 bits per heavy atom. The summed E-state index contributed by atoms with van der Waals surface area (Å²) in [7, 11) is -3.52. The highest BCUT2D eigenvalue weighted by atomic mass is 79.9. The van der Waals surface area contributed by atoms with Gasteiger partial charge in [-0.2, -0.15) is 0 Å². The summed E-state index contributed by atoms with van der Waals surface area (Å²) in [5.41, 5.74) is 6.04. The van der Waals surface area contributed by atoms with E-state index in [1.165, 1.54) is 12.1 Å². The van der Waals surface area contributed by atoms with Crippen molar-refractivity contribution in [2.45, 2.75) is 23.8 Å². The molecule has 1 aromatic carbocycles. The molecule has 2 rings (SSSR count). The van der Waals surface area contributed by atoms with Crippen molar-refractivity contribution < 1.29 is 13.5 Å². The van der Waals surface area contributed by atoms with Crippen molar-refractivity contribution in [3.8, 4) is 0 Å². The summed E-state index contributed by atoms with van der Waals surface area (Å²) in [6, 6.07) is 4.53. The van der Waals surface area contributed by atoms with Gasteiger partial charge in [0.05, 0.1) is 11.0 Å². The number of aliphatic hydroxyl groups is 1. The molecule has 1 fully saturated rings. The molecule has 0 aliphatic heterocycles. The molecule has 7 heteroatoms. The summed E-state index contributed by atoms with van der Waals surface area (Å²) in [6.07, 6.45) is 1.04. The van der Waals surface area contributed by atoms with E-state index in [1.807, 2.05) is 0 Å². The minimum absolute atomic E-state index is 0.156. The Kier molecular flexibility index (Phi) is 3.96. The van der Waals surface area contributed by atoms with Gasteiger partial charge in [-0.05, 0) is 52.9 Å². The summed E-state index contributed by atoms with van der Waals surface area (Å²) in [5.74, 6) is 0.225. The fourth-order valence-electron chi connectivity index (χ4n) is 1.87. The van der Waals surface area contributed by atoms with Crippen LogP contribution in [0.2, 0.25) is 0 Å². The first-order chi connectivity index (χ1) is 8.38. The lowest BCUT2D eigenvalue weighted by Crippen LogP contribution is -2.38. The lowest BCUT2D eigenvalue weighted by Gasteiger charge is -2.31. The molecule has 0 heterocycles. The zero-order chi connectivity index (χ0) is 13.3. The van der Waals surface area contributed by atoms with Crippen LogP contribution < -0.4 is 10.5 Å². The molecule has 0 radical (unpaired) electrons. The van der Waals surface area contributed by atoms with Gasteiger partial charge in [0.1, 0.15) is 0 Å². The van der Waals surface area contributed by atoms with Gasteiger partial charge in [-0.1, -0.05) is 0 Å². The first-order valence-electron chi connectivity index (χ1n) is 5.61. The smallest absolute Gasteiger partial charge is 0.240 e. The number of nitrogen functional groups attached to an aromatic ring is 1. The Balaban J connectivity index is 2.03. The van der Waals surface area contributed by atoms with Crippen LogP contribution in [-0.2, 0) is 10.0 Å². The van der Waals surface area contributed by atoms with Gasteiger partial charge < -0.3 is 10.8 Å². The molecule has 0 spiro atoms. The molecule has 1 saturated carbocycles. The number of hydrogen-bond donors (Lipinski definition) is 3. The number of sulfonamides is 1. The van der Waals surface area contributed by atoms with Crippen LogP contribution in [0.15, 0.2) is 27.6 Å². The SMILES string of the molecule is Nc1cc(S(=O)(=O)NCC2CC(O)C2)ccc1Br. The second-order valence-electron chi connectivity index (χ2n) is 4.53. The normalized spacial score (nSPS) is 23.7. The molecule has 1 aliphatic carbocycles. The van der Waals surface area contributed by atoms with Crippen LogP contribution >= 0.6 is 15.9 Å². The second-order valence-corrected chi connectivity index (χ2v) is 7.15. The van der Waals surface area contributed by atoms with Crippen LogP contribution in [0.25, 0.3) is 0 Å². The maximum atomic E-state index is 12.0. The third kappa shape index (κ3) is 3.03. The Hall–Kier alpha value is -0.630. The van der Waals surface area contributed by atoms with Gasteiger partial charge in [-0.3, -0.25) is 0 Å². The van der Waals surface area contributed by atoms with Crippen LogP contribution in [0.1, 0.15) is 12.8 Å². The highest BCUT2D eigenvalue weighted by Gasteiger charge is 2.28. The number of aliphatic hydroxyl groups excluding tert-OH is 1. The van der Waals surface area contributed by atoms with E-state index >= 15 is 0 Å². The summed E-state index contributed by atoms with van der Waals surface area (Å²) in [5, 5.41) is 9.13. The van der Waals surface area contributed by atoms with Crippen LogP contribution in [0.5, 0.6) is 0 Å². The minimum atomic E-state index is -3.52. The van der Waals surface area contributed by atoms with Crippen molar-refractivity contribution in [3.05, 3.63) is 22.7 Å². The van der Waals surface area contributed by atoms with Gasteiger partial charge >= 0.3 is 0 Å². The molecule has 1 aromatic rings. The number of halogens is 1. The van der Waals surface area contributed by atoms with Gasteiger partial charge in [0.15, 0.2) is 0 Å². The summed E-state index contributed by atoms with van der Waals surface area (Å²) >= 11 is 3.22. The molecule has 100 valence electrons. The number of rotatable bonds is 4. The van der Waals surface area contributed by atoms with Crippen molar-refractivity contribution in [2.75, 3.05) is 12.3 Å². The van der Waals surface area contributed by atoms with Crippen LogP contribution in [0.4, 0.5) is 5.69 Å². The first-order valence-corrected chi connectivity index (χ1v) is 7.89. The van der Waals surface area contributed by atoms with Crippen molar-refractivity contribution in [3.63, 3.8) is 0 Å². The largest absolute Gasteiger partial charge is 0.398 e.